The van der Waals surface area contributed by atoms with Crippen LogP contribution in [0.2, 0.25) is 0 Å². The number of hydrogen-bond donors (Lipinski definition) is 21. The number of carboxylic acids is 1. The van der Waals surface area contributed by atoms with E-state index in [0.717, 1.165) is 15.8 Å². The summed E-state index contributed by atoms with van der Waals surface area (Å²) in [6.07, 6.45) is 7.40. The third kappa shape index (κ3) is 26.0. The predicted molar refractivity (Wildman–Crippen MR) is 394 cm³/mol. The molecule has 0 spiro atoms. The van der Waals surface area contributed by atoms with Gasteiger partial charge in [-0.15, -0.1) is 0 Å². The van der Waals surface area contributed by atoms with Crippen molar-refractivity contribution >= 4 is 128 Å². The molecule has 0 saturated carbocycles. The number of likely N-dealkylation sites (tertiary alicyclic amines) is 2. The van der Waals surface area contributed by atoms with E-state index in [0.29, 0.717) is 33.4 Å². The van der Waals surface area contributed by atoms with Gasteiger partial charge in [0.25, 0.3) is 0 Å². The van der Waals surface area contributed by atoms with Crippen LogP contribution in [0.3, 0.4) is 0 Å². The van der Waals surface area contributed by atoms with Crippen LogP contribution in [0.15, 0.2) is 86.0 Å². The molecule has 24 N–H and O–H groups in total. The molecule has 2 aromatic carbocycles. The summed E-state index contributed by atoms with van der Waals surface area (Å²) in [4.78, 5) is 260. The standard InChI is InChI=1S/C70H90N24O19/c71-23-55(97)89-47(19-37-24-76-43-9-3-1-7-41(37)43)63(106)83-32-60(102)87-45(13-15-53(72)95)69(112)93-17-5-11-51(93)67(110)91-49(21-39-26-74-35-85-39)65(108)81-29-57(99)78-28-56(98)79-31-59(101)90-48(20-38-25-77-44-10-4-2-8-42(38)44)64(107)84-33-61(103)88-46(14-16-54(73)96)70(113)94-18-6-12-52(94)68(111)92-50(22-40-27-75-36-86-40)66(109)82-30-58(100)80-34-62(104)105/h1-4,7-10,24-27,35-36,45-52,76-77H,5-6,11-23,28-34,71H2,(H2,72,95)(H2,73,96)(H,74,85)(H,75,86)(H,78,99)(H,79,98)(H,80,100)(H,81,108)(H,82,109)(H,83,106)(H,84,107)(H,87,102)(H,88,103)(H,89,97)(H,90,101)(H,91,110)(H,92,111)(H,104,105)/t45-,46-,47-,48-,49-,50-,51-,52-/m0/s1. The minimum atomic E-state index is -1.50. The molecule has 0 aliphatic carbocycles. The lowest BCUT2D eigenvalue weighted by atomic mass is 10.0. The monoisotopic (exact) mass is 1570 g/mol. The molecule has 43 heteroatoms. The number of carbonyl (C=O) groups excluding carboxylic acids is 17. The maximum absolute atomic E-state index is 14.3. The van der Waals surface area contributed by atoms with Gasteiger partial charge in [-0.25, -0.2) is 9.97 Å². The zero-order valence-corrected chi connectivity index (χ0v) is 61.1. The number of benzene rings is 2. The number of aromatic nitrogens is 6. The largest absolute Gasteiger partial charge is 0.480 e. The number of imidazole rings is 2. The Hall–Kier alpha value is -13.6. The van der Waals surface area contributed by atoms with Gasteiger partial charge in [0.1, 0.15) is 54.9 Å². The van der Waals surface area contributed by atoms with Crippen molar-refractivity contribution in [2.45, 2.75) is 125 Å². The second kappa shape index (κ2) is 41.8. The van der Waals surface area contributed by atoms with Gasteiger partial charge >= 0.3 is 5.97 Å². The third-order valence-corrected chi connectivity index (χ3v) is 18.2. The zero-order valence-electron chi connectivity index (χ0n) is 61.1. The molecule has 8 rings (SSSR count). The van der Waals surface area contributed by atoms with E-state index in [1.165, 1.54) is 29.9 Å². The molecule has 0 bridgehead atoms. The molecule has 2 fully saturated rings. The Labute approximate surface area is 642 Å². The Balaban J connectivity index is 0.821. The number of nitrogens with one attached hydrogen (secondary N) is 17. The number of para-hydroxylation sites is 2. The van der Waals surface area contributed by atoms with Gasteiger partial charge in [0.05, 0.1) is 58.5 Å². The Morgan fingerprint density at radius 2 is 0.770 bits per heavy atom. The number of aliphatic carboxylic acids is 1. The second-order valence-electron chi connectivity index (χ2n) is 26.5. The van der Waals surface area contributed by atoms with E-state index in [-0.39, 0.29) is 83.7 Å². The molecule has 2 aliphatic heterocycles. The van der Waals surface area contributed by atoms with Gasteiger partial charge in [-0.3, -0.25) is 86.3 Å². The fourth-order valence-electron chi connectivity index (χ4n) is 12.6. The Morgan fingerprint density at radius 3 is 1.14 bits per heavy atom. The number of H-pyrrole nitrogens is 4. The Kier molecular flexibility index (Phi) is 31.4. The fraction of sp³-hybridized carbons (Fsp3) is 0.429. The fourth-order valence-corrected chi connectivity index (χ4v) is 12.6. The van der Waals surface area contributed by atoms with Gasteiger partial charge < -0.3 is 121 Å². The first-order chi connectivity index (χ1) is 54.1. The first kappa shape index (κ1) is 85.0. The highest BCUT2D eigenvalue weighted by Gasteiger charge is 2.42. The van der Waals surface area contributed by atoms with E-state index in [2.05, 4.69) is 99.0 Å². The summed E-state index contributed by atoms with van der Waals surface area (Å²) in [6, 6.07) is 3.49. The van der Waals surface area contributed by atoms with Crippen LogP contribution in [0.1, 0.15) is 73.9 Å². The van der Waals surface area contributed by atoms with Crippen molar-refractivity contribution in [3.63, 3.8) is 0 Å². The molecule has 17 amide bonds. The normalized spacial score (nSPS) is 15.3. The van der Waals surface area contributed by atoms with E-state index >= 15 is 0 Å². The summed E-state index contributed by atoms with van der Waals surface area (Å²) >= 11 is 0. The van der Waals surface area contributed by atoms with Crippen LogP contribution in [0.4, 0.5) is 0 Å². The van der Waals surface area contributed by atoms with Crippen LogP contribution in [0.25, 0.3) is 21.8 Å². The van der Waals surface area contributed by atoms with Crippen molar-refractivity contribution in [2.24, 2.45) is 17.2 Å². The molecule has 4 aromatic heterocycles. The van der Waals surface area contributed by atoms with Crippen LogP contribution in [0, 0.1) is 0 Å². The van der Waals surface area contributed by atoms with Crippen molar-refractivity contribution in [3.05, 3.63) is 108 Å². The van der Waals surface area contributed by atoms with Gasteiger partial charge in [0.15, 0.2) is 0 Å². The summed E-state index contributed by atoms with van der Waals surface area (Å²) in [5, 5.41) is 42.0. The molecule has 113 heavy (non-hydrogen) atoms. The number of nitrogens with two attached hydrogens (primary N) is 3. The van der Waals surface area contributed by atoms with Crippen molar-refractivity contribution in [1.29, 1.82) is 0 Å². The number of hydrogen-bond acceptors (Lipinski definition) is 21. The smallest absolute Gasteiger partial charge is 0.322 e. The first-order valence-corrected chi connectivity index (χ1v) is 36.0. The molecule has 2 saturated heterocycles. The summed E-state index contributed by atoms with van der Waals surface area (Å²) in [6.45, 7) is -5.55. The molecule has 6 aromatic rings. The lowest BCUT2D eigenvalue weighted by Crippen LogP contribution is -2.58. The van der Waals surface area contributed by atoms with Gasteiger partial charge in [-0.05, 0) is 61.8 Å². The molecule has 0 unspecified atom stereocenters. The van der Waals surface area contributed by atoms with Crippen LogP contribution < -0.4 is 86.3 Å². The first-order valence-electron chi connectivity index (χ1n) is 36.0. The topological polar surface area (TPSA) is 657 Å². The average Bonchev–Trinajstić information content (AvgIpc) is 1.71. The van der Waals surface area contributed by atoms with E-state index in [1.807, 2.05) is 18.2 Å². The average molecular weight is 1570 g/mol. The molecule has 6 heterocycles. The summed E-state index contributed by atoms with van der Waals surface area (Å²) in [5.41, 5.74) is 19.8. The summed E-state index contributed by atoms with van der Waals surface area (Å²) < 4.78 is 0. The maximum Gasteiger partial charge on any atom is 0.322 e. The van der Waals surface area contributed by atoms with E-state index in [9.17, 15) is 86.3 Å². The number of fused-ring (bicyclic) bond motifs is 2. The van der Waals surface area contributed by atoms with Crippen molar-refractivity contribution in [1.82, 2.24) is 109 Å². The zero-order chi connectivity index (χ0) is 81.7. The van der Waals surface area contributed by atoms with E-state index in [1.54, 1.807) is 42.7 Å². The number of amides is 17. The number of rotatable bonds is 43. The number of aromatic amines is 4. The molecule has 8 atom stereocenters. The van der Waals surface area contributed by atoms with Crippen LogP contribution in [-0.4, -0.2) is 265 Å². The van der Waals surface area contributed by atoms with E-state index < -0.39 is 214 Å². The highest BCUT2D eigenvalue weighted by molar-refractivity contribution is 6.00. The number of carbonyl (C=O) groups is 18. The quantitative estimate of drug-likeness (QED) is 0.0169. The predicted octanol–water partition coefficient (Wildman–Crippen LogP) is -8.36. The Bertz CT molecular complexity index is 4470. The van der Waals surface area contributed by atoms with Crippen molar-refractivity contribution < 1.29 is 91.4 Å². The molecular weight excluding hydrogens is 1480 g/mol. The third-order valence-electron chi connectivity index (χ3n) is 18.2. The summed E-state index contributed by atoms with van der Waals surface area (Å²) in [7, 11) is 0. The van der Waals surface area contributed by atoms with Gasteiger partial charge in [0.2, 0.25) is 100 Å². The van der Waals surface area contributed by atoms with E-state index in [4.69, 9.17) is 22.3 Å². The number of primary amides is 2. The van der Waals surface area contributed by atoms with Gasteiger partial charge in [-0.1, -0.05) is 36.4 Å². The number of carboxylic acid groups (broad SMARTS) is 1. The van der Waals surface area contributed by atoms with Crippen molar-refractivity contribution in [3.8, 4) is 0 Å². The van der Waals surface area contributed by atoms with Gasteiger partial charge in [-0.2, -0.15) is 0 Å². The Morgan fingerprint density at radius 1 is 0.425 bits per heavy atom. The molecule has 604 valence electrons. The van der Waals surface area contributed by atoms with Gasteiger partial charge in [0, 0.05) is 110 Å². The molecule has 0 radical (unpaired) electrons. The van der Waals surface area contributed by atoms with Crippen LogP contribution in [0.5, 0.6) is 0 Å². The summed E-state index contributed by atoms with van der Waals surface area (Å²) in [5.74, 6) is -15.7. The molecule has 2 aliphatic rings. The lowest BCUT2D eigenvalue weighted by Gasteiger charge is -2.30. The lowest BCUT2D eigenvalue weighted by molar-refractivity contribution is -0.142. The molecule has 43 nitrogen and oxygen atoms in total. The van der Waals surface area contributed by atoms with Crippen LogP contribution >= 0.6 is 0 Å². The molecular formula is C70H90N24O19. The number of nitrogens with zero attached hydrogens (tertiary/aromatic N) is 4. The van der Waals surface area contributed by atoms with Crippen molar-refractivity contribution in [2.75, 3.05) is 65.4 Å². The minimum Gasteiger partial charge on any atom is -0.480 e. The SMILES string of the molecule is NCC(=O)N[C@@H](Cc1c[nH]c2ccccc12)C(=O)NCC(=O)N[C@@H](CCC(N)=O)C(=O)N1CCC[C@H]1C(=O)N[C@@H](Cc1cnc[nH]1)C(=O)NCC(=O)NCC(=O)NCC(=O)N[C@@H](Cc1c[nH]c2ccccc12)C(=O)NCC(=O)N[C@@H](CCC(N)=O)C(=O)N1CCC[C@H]1C(=O)N[C@@H](Cc1cnc[nH]1)C(=O)NCC(=O)NCC(=O)O. The second-order valence-corrected chi connectivity index (χ2v) is 26.5. The maximum atomic E-state index is 14.3. The highest BCUT2D eigenvalue weighted by Crippen LogP contribution is 2.24. The van der Waals surface area contributed by atoms with Crippen LogP contribution in [-0.2, 0) is 112 Å². The minimum absolute atomic E-state index is 0.0000379. The highest BCUT2D eigenvalue weighted by atomic mass is 16.4.